The van der Waals surface area contributed by atoms with Crippen LogP contribution in [0.4, 0.5) is 0 Å². The highest BCUT2D eigenvalue weighted by atomic mass is 28.4. The maximum atomic E-state index is 10.8. The van der Waals surface area contributed by atoms with Crippen LogP contribution in [0.1, 0.15) is 60.3 Å². The third kappa shape index (κ3) is 6.07. The molecule has 4 rings (SSSR count). The van der Waals surface area contributed by atoms with Gasteiger partial charge in [0.05, 0.1) is 37.6 Å². The van der Waals surface area contributed by atoms with Crippen molar-refractivity contribution in [1.82, 2.24) is 0 Å². The van der Waals surface area contributed by atoms with Crippen molar-refractivity contribution in [2.24, 2.45) is 0 Å². The van der Waals surface area contributed by atoms with Gasteiger partial charge in [0.2, 0.25) is 0 Å². The van der Waals surface area contributed by atoms with Crippen LogP contribution in [-0.2, 0) is 18.6 Å². The average Bonchev–Trinajstić information content (AvgIpc) is 3.44. The van der Waals surface area contributed by atoms with Gasteiger partial charge < -0.3 is 23.7 Å². The van der Waals surface area contributed by atoms with Gasteiger partial charge in [0.25, 0.3) is 8.32 Å². The second-order valence-electron chi connectivity index (χ2n) is 11.4. The van der Waals surface area contributed by atoms with Gasteiger partial charge in [-0.1, -0.05) is 81.4 Å². The Kier molecular flexibility index (Phi) is 8.21. The zero-order chi connectivity index (χ0) is 25.1. The Morgan fingerprint density at radius 1 is 0.971 bits per heavy atom. The summed E-state index contributed by atoms with van der Waals surface area (Å²) in [5, 5.41) is 13.3. The van der Waals surface area contributed by atoms with Crippen LogP contribution < -0.4 is 10.4 Å². The Labute approximate surface area is 211 Å². The van der Waals surface area contributed by atoms with Gasteiger partial charge in [-0.15, -0.1) is 0 Å². The first kappa shape index (κ1) is 26.5. The standard InChI is InChI=1S/C29H42O5Si/c1-28(2,3)35(24-12-8-6-9-13-24,25-14-10-7-11-15-25)32-21-22-17-19-27(33-22)26(30)18-16-23-20-31-29(4,5)34-23/h6-15,22-23,26-27,30H,16-21H2,1-5H3/t22-,23+,26-,27-/m0/s1. The molecule has 0 aromatic heterocycles. The minimum atomic E-state index is -2.59. The van der Waals surface area contributed by atoms with E-state index in [0.717, 1.165) is 19.3 Å². The molecule has 1 N–H and O–H groups in total. The van der Waals surface area contributed by atoms with Crippen LogP contribution in [0.5, 0.6) is 0 Å². The van der Waals surface area contributed by atoms with E-state index < -0.39 is 20.2 Å². The molecule has 6 heteroatoms. The highest BCUT2D eigenvalue weighted by molar-refractivity contribution is 6.99. The molecule has 0 radical (unpaired) electrons. The monoisotopic (exact) mass is 498 g/mol. The van der Waals surface area contributed by atoms with Crippen LogP contribution in [0.25, 0.3) is 0 Å². The molecule has 5 nitrogen and oxygen atoms in total. The minimum Gasteiger partial charge on any atom is -0.405 e. The number of rotatable bonds is 9. The number of hydrogen-bond donors (Lipinski definition) is 1. The average molecular weight is 499 g/mol. The summed E-state index contributed by atoms with van der Waals surface area (Å²) in [6.45, 7) is 11.8. The topological polar surface area (TPSA) is 57.2 Å². The SMILES string of the molecule is CC1(C)OC[C@@H](CC[C@H](O)[C@@H]2CC[C@@H](CO[Si](c3ccccc3)(c3ccccc3)C(C)(C)C)O2)O1. The molecule has 2 aliphatic heterocycles. The molecule has 2 heterocycles. The number of benzene rings is 2. The first-order valence-electron chi connectivity index (χ1n) is 13.0. The van der Waals surface area contributed by atoms with Gasteiger partial charge >= 0.3 is 0 Å². The summed E-state index contributed by atoms with van der Waals surface area (Å²) in [5.74, 6) is -0.525. The van der Waals surface area contributed by atoms with Crippen molar-refractivity contribution in [3.63, 3.8) is 0 Å². The summed E-state index contributed by atoms with van der Waals surface area (Å²) in [7, 11) is -2.59. The molecular formula is C29H42O5Si. The van der Waals surface area contributed by atoms with Gasteiger partial charge in [0.15, 0.2) is 5.79 Å². The van der Waals surface area contributed by atoms with Crippen molar-refractivity contribution in [2.45, 2.75) is 95.5 Å². The second kappa shape index (κ2) is 10.8. The third-order valence-corrected chi connectivity index (χ3v) is 12.3. The van der Waals surface area contributed by atoms with Crippen molar-refractivity contribution < 1.29 is 23.7 Å². The second-order valence-corrected chi connectivity index (χ2v) is 15.7. The molecule has 2 aromatic carbocycles. The quantitative estimate of drug-likeness (QED) is 0.519. The first-order valence-corrected chi connectivity index (χ1v) is 14.9. The van der Waals surface area contributed by atoms with Crippen molar-refractivity contribution in [2.75, 3.05) is 13.2 Å². The van der Waals surface area contributed by atoms with E-state index in [1.54, 1.807) is 0 Å². The molecule has 0 saturated carbocycles. The summed E-state index contributed by atoms with van der Waals surface area (Å²) in [5.41, 5.74) is 0. The van der Waals surface area contributed by atoms with Crippen molar-refractivity contribution in [3.8, 4) is 0 Å². The molecule has 0 spiro atoms. The number of aliphatic hydroxyl groups excluding tert-OH is 1. The van der Waals surface area contributed by atoms with E-state index in [1.807, 2.05) is 13.8 Å². The number of ether oxygens (including phenoxy) is 3. The van der Waals surface area contributed by atoms with Crippen molar-refractivity contribution >= 4 is 18.7 Å². The smallest absolute Gasteiger partial charge is 0.261 e. The molecule has 0 unspecified atom stereocenters. The van der Waals surface area contributed by atoms with Crippen molar-refractivity contribution in [1.29, 1.82) is 0 Å². The molecule has 2 saturated heterocycles. The summed E-state index contributed by atoms with van der Waals surface area (Å²) < 4.78 is 24.9. The van der Waals surface area contributed by atoms with Gasteiger partial charge in [0.1, 0.15) is 0 Å². The fourth-order valence-corrected chi connectivity index (χ4v) is 10.2. The van der Waals surface area contributed by atoms with Crippen LogP contribution in [0.3, 0.4) is 0 Å². The molecule has 2 fully saturated rings. The summed E-state index contributed by atoms with van der Waals surface area (Å²) in [4.78, 5) is 0. The molecule has 0 bridgehead atoms. The number of aliphatic hydroxyl groups is 1. The highest BCUT2D eigenvalue weighted by Gasteiger charge is 2.50. The molecule has 192 valence electrons. The van der Waals surface area contributed by atoms with Gasteiger partial charge in [0, 0.05) is 0 Å². The van der Waals surface area contributed by atoms with E-state index in [0.29, 0.717) is 19.6 Å². The summed E-state index contributed by atoms with van der Waals surface area (Å²) in [6, 6.07) is 21.4. The summed E-state index contributed by atoms with van der Waals surface area (Å²) in [6.07, 6.45) is 2.54. The Hall–Kier alpha value is -1.54. The Balaban J connectivity index is 1.42. The lowest BCUT2D eigenvalue weighted by molar-refractivity contribution is -0.140. The highest BCUT2D eigenvalue weighted by Crippen LogP contribution is 2.37. The fourth-order valence-electron chi connectivity index (χ4n) is 5.57. The van der Waals surface area contributed by atoms with E-state index in [4.69, 9.17) is 18.6 Å². The molecule has 0 amide bonds. The lowest BCUT2D eigenvalue weighted by Gasteiger charge is -2.43. The van der Waals surface area contributed by atoms with Gasteiger partial charge in [-0.3, -0.25) is 0 Å². The van der Waals surface area contributed by atoms with E-state index in [-0.39, 0.29) is 23.4 Å². The Morgan fingerprint density at radius 2 is 1.57 bits per heavy atom. The minimum absolute atomic E-state index is 0.0127. The van der Waals surface area contributed by atoms with E-state index in [1.165, 1.54) is 10.4 Å². The zero-order valence-corrected chi connectivity index (χ0v) is 22.9. The zero-order valence-electron chi connectivity index (χ0n) is 21.9. The van der Waals surface area contributed by atoms with Crippen LogP contribution in [0.15, 0.2) is 60.7 Å². The van der Waals surface area contributed by atoms with E-state index in [9.17, 15) is 5.11 Å². The van der Waals surface area contributed by atoms with Gasteiger partial charge in [-0.05, 0) is 54.9 Å². The lowest BCUT2D eigenvalue weighted by atomic mass is 10.0. The predicted octanol–water partition coefficient (Wildman–Crippen LogP) is 4.40. The maximum Gasteiger partial charge on any atom is 0.261 e. The summed E-state index contributed by atoms with van der Waals surface area (Å²) >= 11 is 0. The van der Waals surface area contributed by atoms with Crippen LogP contribution in [0.2, 0.25) is 5.04 Å². The van der Waals surface area contributed by atoms with E-state index >= 15 is 0 Å². The number of hydrogen-bond acceptors (Lipinski definition) is 5. The Morgan fingerprint density at radius 3 is 2.09 bits per heavy atom. The molecule has 35 heavy (non-hydrogen) atoms. The van der Waals surface area contributed by atoms with Crippen LogP contribution >= 0.6 is 0 Å². The maximum absolute atomic E-state index is 10.8. The van der Waals surface area contributed by atoms with Gasteiger partial charge in [-0.2, -0.15) is 0 Å². The molecule has 2 aromatic rings. The van der Waals surface area contributed by atoms with Crippen LogP contribution in [-0.4, -0.2) is 56.8 Å². The normalized spacial score (nSPS) is 25.6. The molecule has 0 aliphatic carbocycles. The predicted molar refractivity (Wildman–Crippen MR) is 142 cm³/mol. The molecule has 2 aliphatic rings. The largest absolute Gasteiger partial charge is 0.405 e. The lowest BCUT2D eigenvalue weighted by Crippen LogP contribution is -2.67. The van der Waals surface area contributed by atoms with Crippen LogP contribution in [0, 0.1) is 0 Å². The Bertz CT molecular complexity index is 888. The molecule has 4 atom stereocenters. The fraction of sp³-hybridized carbons (Fsp3) is 0.586. The molecular weight excluding hydrogens is 456 g/mol. The van der Waals surface area contributed by atoms with Crippen molar-refractivity contribution in [3.05, 3.63) is 60.7 Å². The van der Waals surface area contributed by atoms with Gasteiger partial charge in [-0.25, -0.2) is 0 Å². The first-order chi connectivity index (χ1) is 16.6. The third-order valence-electron chi connectivity index (χ3n) is 7.32. The van der Waals surface area contributed by atoms with E-state index in [2.05, 4.69) is 81.4 Å².